The zero-order valence-corrected chi connectivity index (χ0v) is 11.0. The number of nitrogens with two attached hydrogens (primary N) is 1. The van der Waals surface area contributed by atoms with Crippen LogP contribution < -0.4 is 10.5 Å². The van der Waals surface area contributed by atoms with Gasteiger partial charge >= 0.3 is 5.97 Å². The van der Waals surface area contributed by atoms with E-state index in [-0.39, 0.29) is 15.7 Å². The number of rotatable bonds is 4. The van der Waals surface area contributed by atoms with Gasteiger partial charge in [-0.2, -0.15) is 0 Å². The molecule has 0 aliphatic rings. The van der Waals surface area contributed by atoms with Crippen molar-refractivity contribution in [2.45, 2.75) is 4.90 Å². The van der Waals surface area contributed by atoms with Gasteiger partial charge < -0.3 is 10.8 Å². The summed E-state index contributed by atoms with van der Waals surface area (Å²) in [4.78, 5) is 14.3. The van der Waals surface area contributed by atoms with Crippen LogP contribution in [0.5, 0.6) is 0 Å². The molecule has 0 saturated heterocycles. The average Bonchev–Trinajstić information content (AvgIpc) is 2.77. The van der Waals surface area contributed by atoms with Crippen LogP contribution in [0, 0.1) is 0 Å². The molecule has 0 radical (unpaired) electrons. The third-order valence-electron chi connectivity index (χ3n) is 2.14. The standard InChI is InChI=1S/C10H9N3O4S2/c11-6-1-3-7(4-2-6)19(16,17)13-10-12-8(5-18-10)9(14)15/h1-5H,11H2,(H,12,13)(H,14,15). The van der Waals surface area contributed by atoms with Crippen LogP contribution >= 0.6 is 11.3 Å². The van der Waals surface area contributed by atoms with E-state index in [9.17, 15) is 13.2 Å². The molecule has 0 fully saturated rings. The fourth-order valence-corrected chi connectivity index (χ4v) is 3.18. The summed E-state index contributed by atoms with van der Waals surface area (Å²) in [6.07, 6.45) is 0. The van der Waals surface area contributed by atoms with Crippen molar-refractivity contribution in [3.05, 3.63) is 35.3 Å². The molecule has 0 spiro atoms. The van der Waals surface area contributed by atoms with Gasteiger partial charge in [0.25, 0.3) is 10.0 Å². The second-order valence-corrected chi connectivity index (χ2v) is 6.06. The van der Waals surface area contributed by atoms with Gasteiger partial charge in [0.05, 0.1) is 4.90 Å². The van der Waals surface area contributed by atoms with E-state index < -0.39 is 16.0 Å². The van der Waals surface area contributed by atoms with E-state index in [2.05, 4.69) is 9.71 Å². The lowest BCUT2D eigenvalue weighted by Crippen LogP contribution is -2.13. The van der Waals surface area contributed by atoms with Gasteiger partial charge in [-0.1, -0.05) is 0 Å². The van der Waals surface area contributed by atoms with Crippen LogP contribution in [0.25, 0.3) is 0 Å². The molecule has 2 aromatic rings. The van der Waals surface area contributed by atoms with Crippen LogP contribution in [0.2, 0.25) is 0 Å². The molecule has 0 unspecified atom stereocenters. The Morgan fingerprint density at radius 2 is 1.95 bits per heavy atom. The Kier molecular flexibility index (Phi) is 3.40. The molecule has 0 amide bonds. The van der Waals surface area contributed by atoms with Gasteiger partial charge in [0.1, 0.15) is 0 Å². The number of carbonyl (C=O) groups is 1. The number of nitrogens with zero attached hydrogens (tertiary/aromatic N) is 1. The first-order valence-electron chi connectivity index (χ1n) is 4.96. The average molecular weight is 299 g/mol. The Hall–Kier alpha value is -2.13. The summed E-state index contributed by atoms with van der Waals surface area (Å²) in [6, 6.07) is 5.62. The van der Waals surface area contributed by atoms with Gasteiger partial charge in [-0.15, -0.1) is 11.3 Å². The smallest absolute Gasteiger partial charge is 0.355 e. The quantitative estimate of drug-likeness (QED) is 0.730. The number of thiazole rings is 1. The molecule has 0 bridgehead atoms. The molecule has 1 aromatic carbocycles. The zero-order valence-electron chi connectivity index (χ0n) is 9.40. The Bertz CT molecular complexity index is 707. The van der Waals surface area contributed by atoms with Gasteiger partial charge in [0, 0.05) is 11.1 Å². The van der Waals surface area contributed by atoms with Crippen molar-refractivity contribution >= 4 is 38.1 Å². The van der Waals surface area contributed by atoms with Crippen LogP contribution in [-0.4, -0.2) is 24.5 Å². The molecule has 0 aliphatic heterocycles. The maximum absolute atomic E-state index is 12.0. The van der Waals surface area contributed by atoms with E-state index >= 15 is 0 Å². The van der Waals surface area contributed by atoms with Crippen LogP contribution in [0.4, 0.5) is 10.8 Å². The minimum Gasteiger partial charge on any atom is -0.476 e. The maximum atomic E-state index is 12.0. The SMILES string of the molecule is Nc1ccc(S(=O)(=O)Nc2nc(C(=O)O)cs2)cc1. The van der Waals surface area contributed by atoms with E-state index in [0.29, 0.717) is 5.69 Å². The first-order chi connectivity index (χ1) is 8.88. The Morgan fingerprint density at radius 3 is 2.47 bits per heavy atom. The van der Waals surface area contributed by atoms with Crippen molar-refractivity contribution in [2.24, 2.45) is 0 Å². The largest absolute Gasteiger partial charge is 0.476 e. The second-order valence-electron chi connectivity index (χ2n) is 3.52. The molecule has 1 heterocycles. The molecule has 1 aromatic heterocycles. The first-order valence-corrected chi connectivity index (χ1v) is 7.32. The third kappa shape index (κ3) is 3.01. The summed E-state index contributed by atoms with van der Waals surface area (Å²) in [5, 5.41) is 9.94. The predicted molar refractivity (Wildman–Crippen MR) is 70.7 cm³/mol. The van der Waals surface area contributed by atoms with Crippen molar-refractivity contribution in [1.29, 1.82) is 0 Å². The number of aromatic nitrogens is 1. The van der Waals surface area contributed by atoms with Crippen LogP contribution in [0.15, 0.2) is 34.5 Å². The van der Waals surface area contributed by atoms with Crippen LogP contribution in [-0.2, 0) is 10.0 Å². The highest BCUT2D eigenvalue weighted by Gasteiger charge is 2.17. The van der Waals surface area contributed by atoms with Gasteiger partial charge in [-0.05, 0) is 24.3 Å². The molecular formula is C10H9N3O4S2. The summed E-state index contributed by atoms with van der Waals surface area (Å²) in [7, 11) is -3.79. The van der Waals surface area contributed by atoms with Gasteiger partial charge in [-0.3, -0.25) is 4.72 Å². The van der Waals surface area contributed by atoms with E-state index in [1.54, 1.807) is 0 Å². The van der Waals surface area contributed by atoms with Gasteiger partial charge in [0.15, 0.2) is 10.8 Å². The van der Waals surface area contributed by atoms with Crippen molar-refractivity contribution in [2.75, 3.05) is 10.5 Å². The number of hydrogen-bond acceptors (Lipinski definition) is 6. The number of carboxylic acids is 1. The molecule has 2 rings (SSSR count). The monoisotopic (exact) mass is 299 g/mol. The Morgan fingerprint density at radius 1 is 1.32 bits per heavy atom. The normalized spacial score (nSPS) is 11.2. The van der Waals surface area contributed by atoms with Gasteiger partial charge in [0.2, 0.25) is 0 Å². The Labute approximate surface area is 112 Å². The highest BCUT2D eigenvalue weighted by atomic mass is 32.2. The highest BCUT2D eigenvalue weighted by Crippen LogP contribution is 2.20. The fraction of sp³-hybridized carbons (Fsp3) is 0. The molecule has 9 heteroatoms. The summed E-state index contributed by atoms with van der Waals surface area (Å²) in [6.45, 7) is 0. The minimum absolute atomic E-state index is 0.00535. The maximum Gasteiger partial charge on any atom is 0.355 e. The molecule has 4 N–H and O–H groups in total. The van der Waals surface area contributed by atoms with Crippen molar-refractivity contribution in [1.82, 2.24) is 4.98 Å². The third-order valence-corrected chi connectivity index (χ3v) is 4.38. The first kappa shape index (κ1) is 13.3. The van der Waals surface area contributed by atoms with E-state index in [1.165, 1.54) is 29.6 Å². The molecule has 0 atom stereocenters. The Balaban J connectivity index is 2.25. The number of sulfonamides is 1. The zero-order chi connectivity index (χ0) is 14.0. The minimum atomic E-state index is -3.79. The number of hydrogen-bond donors (Lipinski definition) is 3. The van der Waals surface area contributed by atoms with Crippen molar-refractivity contribution in [3.63, 3.8) is 0 Å². The van der Waals surface area contributed by atoms with Crippen molar-refractivity contribution in [3.8, 4) is 0 Å². The summed E-state index contributed by atoms with van der Waals surface area (Å²) < 4.78 is 26.1. The highest BCUT2D eigenvalue weighted by molar-refractivity contribution is 7.93. The molecule has 7 nitrogen and oxygen atoms in total. The van der Waals surface area contributed by atoms with Crippen LogP contribution in [0.3, 0.4) is 0 Å². The number of nitrogen functional groups attached to an aromatic ring is 1. The number of nitrogens with one attached hydrogen (secondary N) is 1. The number of benzene rings is 1. The van der Waals surface area contributed by atoms with Gasteiger partial charge in [-0.25, -0.2) is 18.2 Å². The lowest BCUT2D eigenvalue weighted by Gasteiger charge is -2.04. The molecule has 0 aliphatic carbocycles. The lowest BCUT2D eigenvalue weighted by molar-refractivity contribution is 0.0691. The summed E-state index contributed by atoms with van der Waals surface area (Å²) in [5.74, 6) is -1.21. The second kappa shape index (κ2) is 4.86. The molecule has 0 saturated carbocycles. The fourth-order valence-electron chi connectivity index (χ4n) is 1.24. The molecular weight excluding hydrogens is 290 g/mol. The van der Waals surface area contributed by atoms with E-state index in [1.807, 2.05) is 0 Å². The number of anilines is 2. The number of carboxylic acid groups (broad SMARTS) is 1. The van der Waals surface area contributed by atoms with Crippen LogP contribution in [0.1, 0.15) is 10.5 Å². The van der Waals surface area contributed by atoms with E-state index in [0.717, 1.165) is 11.3 Å². The topological polar surface area (TPSA) is 122 Å². The molecule has 100 valence electrons. The molecule has 19 heavy (non-hydrogen) atoms. The summed E-state index contributed by atoms with van der Waals surface area (Å²) in [5.41, 5.74) is 5.71. The number of aromatic carboxylic acids is 1. The predicted octanol–water partition coefficient (Wildman–Crippen LogP) is 1.22. The van der Waals surface area contributed by atoms with E-state index in [4.69, 9.17) is 10.8 Å². The van der Waals surface area contributed by atoms with Crippen molar-refractivity contribution < 1.29 is 18.3 Å². The summed E-state index contributed by atoms with van der Waals surface area (Å²) >= 11 is 0.896. The lowest BCUT2D eigenvalue weighted by atomic mass is 10.3.